The molecule has 1 heterocycles. The Hall–Kier alpha value is -1.45. The fourth-order valence-corrected chi connectivity index (χ4v) is 1.14. The zero-order valence-corrected chi connectivity index (χ0v) is 7.37. The summed E-state index contributed by atoms with van der Waals surface area (Å²) < 4.78 is 0. The van der Waals surface area contributed by atoms with Crippen LogP contribution in [0.2, 0.25) is 0 Å². The highest BCUT2D eigenvalue weighted by Gasteiger charge is 2.03. The minimum atomic E-state index is 0.736. The Morgan fingerprint density at radius 3 is 2.08 bits per heavy atom. The monoisotopic (exact) mass is 165 g/mol. The summed E-state index contributed by atoms with van der Waals surface area (Å²) in [4.78, 5) is 8.28. The summed E-state index contributed by atoms with van der Waals surface area (Å²) in [6.45, 7) is 5.55. The van der Waals surface area contributed by atoms with E-state index in [0.29, 0.717) is 0 Å². The lowest BCUT2D eigenvalue weighted by molar-refractivity contribution is 0.321. The van der Waals surface area contributed by atoms with Gasteiger partial charge in [0.2, 0.25) is 0 Å². The van der Waals surface area contributed by atoms with E-state index in [1.165, 1.54) is 6.21 Å². The van der Waals surface area contributed by atoms with E-state index in [-0.39, 0.29) is 0 Å². The molecule has 1 N–H and O–H groups in total. The van der Waals surface area contributed by atoms with Crippen molar-refractivity contribution in [3.63, 3.8) is 0 Å². The van der Waals surface area contributed by atoms with E-state index in [4.69, 9.17) is 5.21 Å². The molecular formula is C8H11N3O. The Bertz CT molecular complexity index is 297. The van der Waals surface area contributed by atoms with Crippen LogP contribution in [0.1, 0.15) is 22.8 Å². The van der Waals surface area contributed by atoms with Crippen molar-refractivity contribution in [1.82, 2.24) is 9.97 Å². The van der Waals surface area contributed by atoms with E-state index in [1.807, 2.05) is 20.8 Å². The fraction of sp³-hybridized carbons (Fsp3) is 0.375. The first-order valence-corrected chi connectivity index (χ1v) is 3.64. The molecule has 4 heteroatoms. The zero-order valence-electron chi connectivity index (χ0n) is 7.37. The Morgan fingerprint density at radius 1 is 1.17 bits per heavy atom. The van der Waals surface area contributed by atoms with Gasteiger partial charge in [0, 0.05) is 5.56 Å². The van der Waals surface area contributed by atoms with Gasteiger partial charge in [-0.2, -0.15) is 0 Å². The van der Waals surface area contributed by atoms with Crippen LogP contribution in [0.5, 0.6) is 0 Å². The van der Waals surface area contributed by atoms with Gasteiger partial charge in [-0.05, 0) is 20.8 Å². The van der Waals surface area contributed by atoms with Crippen LogP contribution >= 0.6 is 0 Å². The molecule has 1 aromatic rings. The van der Waals surface area contributed by atoms with Crippen LogP contribution in [0.4, 0.5) is 0 Å². The van der Waals surface area contributed by atoms with Crippen molar-refractivity contribution in [2.24, 2.45) is 5.16 Å². The maximum Gasteiger partial charge on any atom is 0.125 e. The number of rotatable bonds is 1. The number of aromatic nitrogens is 2. The van der Waals surface area contributed by atoms with E-state index in [1.54, 1.807) is 0 Å². The van der Waals surface area contributed by atoms with E-state index in [2.05, 4.69) is 15.1 Å². The molecule has 0 aliphatic heterocycles. The van der Waals surface area contributed by atoms with Crippen LogP contribution in [0.15, 0.2) is 5.16 Å². The molecule has 0 unspecified atom stereocenters. The Balaban J connectivity index is 3.28. The van der Waals surface area contributed by atoms with Crippen molar-refractivity contribution in [3.05, 3.63) is 22.8 Å². The van der Waals surface area contributed by atoms with Gasteiger partial charge < -0.3 is 5.21 Å². The molecular weight excluding hydrogens is 154 g/mol. The van der Waals surface area contributed by atoms with Crippen LogP contribution < -0.4 is 0 Å². The molecule has 0 amide bonds. The van der Waals surface area contributed by atoms with E-state index in [9.17, 15) is 0 Å². The Kier molecular flexibility index (Phi) is 2.38. The van der Waals surface area contributed by atoms with Crippen LogP contribution in [0, 0.1) is 20.8 Å². The third-order valence-electron chi connectivity index (χ3n) is 1.63. The standard InChI is InChI=1S/C8H11N3O/c1-5-8(4-9-12)6(2)11-7(3)10-5/h4,12H,1-3H3/b9-4-. The number of oxime groups is 1. The zero-order chi connectivity index (χ0) is 9.14. The van der Waals surface area contributed by atoms with Crippen molar-refractivity contribution >= 4 is 6.21 Å². The molecule has 0 atom stereocenters. The van der Waals surface area contributed by atoms with Crippen molar-refractivity contribution in [2.45, 2.75) is 20.8 Å². The highest BCUT2D eigenvalue weighted by molar-refractivity contribution is 5.81. The molecule has 0 aliphatic rings. The molecule has 12 heavy (non-hydrogen) atoms. The second-order valence-electron chi connectivity index (χ2n) is 2.60. The number of nitrogens with zero attached hydrogens (tertiary/aromatic N) is 3. The summed E-state index contributed by atoms with van der Waals surface area (Å²) in [7, 11) is 0. The quantitative estimate of drug-likeness (QED) is 0.386. The first-order chi connectivity index (χ1) is 5.65. The van der Waals surface area contributed by atoms with Crippen molar-refractivity contribution in [2.75, 3.05) is 0 Å². The average molecular weight is 165 g/mol. The van der Waals surface area contributed by atoms with Gasteiger partial charge in [-0.3, -0.25) is 0 Å². The fourth-order valence-electron chi connectivity index (χ4n) is 1.14. The topological polar surface area (TPSA) is 58.4 Å². The van der Waals surface area contributed by atoms with Crippen LogP contribution in [-0.2, 0) is 0 Å². The van der Waals surface area contributed by atoms with E-state index in [0.717, 1.165) is 22.8 Å². The highest BCUT2D eigenvalue weighted by atomic mass is 16.4. The van der Waals surface area contributed by atoms with E-state index >= 15 is 0 Å². The molecule has 0 spiro atoms. The van der Waals surface area contributed by atoms with Gasteiger partial charge in [0.25, 0.3) is 0 Å². The average Bonchev–Trinajstić information content (AvgIpc) is 1.96. The predicted octanol–water partition coefficient (Wildman–Crippen LogP) is 1.21. The van der Waals surface area contributed by atoms with Gasteiger partial charge in [-0.1, -0.05) is 5.16 Å². The minimum Gasteiger partial charge on any atom is -0.411 e. The largest absolute Gasteiger partial charge is 0.411 e. The van der Waals surface area contributed by atoms with Crippen LogP contribution in [-0.4, -0.2) is 21.4 Å². The van der Waals surface area contributed by atoms with Gasteiger partial charge in [-0.25, -0.2) is 9.97 Å². The van der Waals surface area contributed by atoms with Crippen molar-refractivity contribution in [3.8, 4) is 0 Å². The molecule has 0 aliphatic carbocycles. The predicted molar refractivity (Wildman–Crippen MR) is 45.6 cm³/mol. The molecule has 1 rings (SSSR count). The second-order valence-corrected chi connectivity index (χ2v) is 2.60. The molecule has 0 saturated heterocycles. The first kappa shape index (κ1) is 8.64. The van der Waals surface area contributed by atoms with Crippen molar-refractivity contribution in [1.29, 1.82) is 0 Å². The third kappa shape index (κ3) is 1.58. The van der Waals surface area contributed by atoms with Gasteiger partial charge in [0.1, 0.15) is 5.82 Å². The molecule has 0 radical (unpaired) electrons. The first-order valence-electron chi connectivity index (χ1n) is 3.64. The van der Waals surface area contributed by atoms with Crippen LogP contribution in [0.3, 0.4) is 0 Å². The highest BCUT2D eigenvalue weighted by Crippen LogP contribution is 2.06. The van der Waals surface area contributed by atoms with Gasteiger partial charge >= 0.3 is 0 Å². The minimum absolute atomic E-state index is 0.736. The molecule has 0 fully saturated rings. The lowest BCUT2D eigenvalue weighted by atomic mass is 10.2. The van der Waals surface area contributed by atoms with Gasteiger partial charge in [-0.15, -0.1) is 0 Å². The lowest BCUT2D eigenvalue weighted by Gasteiger charge is -2.02. The number of hydrogen-bond acceptors (Lipinski definition) is 4. The summed E-state index contributed by atoms with van der Waals surface area (Å²) in [6.07, 6.45) is 1.35. The number of hydrogen-bond donors (Lipinski definition) is 1. The van der Waals surface area contributed by atoms with Gasteiger partial charge in [0.05, 0.1) is 17.6 Å². The molecule has 0 bridgehead atoms. The van der Waals surface area contributed by atoms with Crippen LogP contribution in [0.25, 0.3) is 0 Å². The third-order valence-corrected chi connectivity index (χ3v) is 1.63. The summed E-state index contributed by atoms with van der Waals surface area (Å²) in [5.74, 6) is 0.736. The summed E-state index contributed by atoms with van der Waals surface area (Å²) >= 11 is 0. The summed E-state index contributed by atoms with van der Waals surface area (Å²) in [5, 5.41) is 11.3. The molecule has 4 nitrogen and oxygen atoms in total. The lowest BCUT2D eigenvalue weighted by Crippen LogP contribution is -2.01. The maximum absolute atomic E-state index is 8.35. The SMILES string of the molecule is Cc1nc(C)c(/C=N\O)c(C)n1. The molecule has 0 aromatic carbocycles. The maximum atomic E-state index is 8.35. The normalized spacial score (nSPS) is 10.9. The van der Waals surface area contributed by atoms with E-state index < -0.39 is 0 Å². The Morgan fingerprint density at radius 2 is 1.67 bits per heavy atom. The summed E-state index contributed by atoms with van der Waals surface area (Å²) in [5.41, 5.74) is 2.44. The molecule has 64 valence electrons. The second kappa shape index (κ2) is 3.30. The number of aryl methyl sites for hydroxylation is 3. The van der Waals surface area contributed by atoms with Gasteiger partial charge in [0.15, 0.2) is 0 Å². The molecule has 0 saturated carbocycles. The smallest absolute Gasteiger partial charge is 0.125 e. The Labute approximate surface area is 71.0 Å². The van der Waals surface area contributed by atoms with Crippen molar-refractivity contribution < 1.29 is 5.21 Å². The summed E-state index contributed by atoms with van der Waals surface area (Å²) in [6, 6.07) is 0. The molecule has 1 aromatic heterocycles.